The van der Waals surface area contributed by atoms with E-state index in [9.17, 15) is 13.5 Å². The van der Waals surface area contributed by atoms with Gasteiger partial charge in [0.2, 0.25) is 0 Å². The van der Waals surface area contributed by atoms with Crippen molar-refractivity contribution in [2.45, 2.75) is 51.3 Å². The van der Waals surface area contributed by atoms with Crippen molar-refractivity contribution in [2.75, 3.05) is 5.75 Å². The Kier molecular flexibility index (Phi) is 4.66. The summed E-state index contributed by atoms with van der Waals surface area (Å²) in [5.41, 5.74) is -0.556. The molecule has 0 saturated carbocycles. The van der Waals surface area contributed by atoms with E-state index in [2.05, 4.69) is 0 Å². The second-order valence-electron chi connectivity index (χ2n) is 4.81. The Morgan fingerprint density at radius 1 is 1.27 bits per heavy atom. The molecule has 0 aromatic carbocycles. The molecule has 0 amide bonds. The predicted octanol–water partition coefficient (Wildman–Crippen LogP) is 2.17. The fourth-order valence-corrected chi connectivity index (χ4v) is 3.74. The van der Waals surface area contributed by atoms with Crippen LogP contribution in [-0.4, -0.2) is 29.6 Å². The van der Waals surface area contributed by atoms with Crippen LogP contribution in [0.5, 0.6) is 0 Å². The van der Waals surface area contributed by atoms with Gasteiger partial charge in [-0.05, 0) is 11.8 Å². The minimum atomic E-state index is -3.48. The second kappa shape index (κ2) is 4.60. The molecule has 0 bridgehead atoms. The molecule has 15 heavy (non-hydrogen) atoms. The summed E-state index contributed by atoms with van der Waals surface area (Å²) >= 11 is 6.11. The number of sulfone groups is 1. The fraction of sp³-hybridized carbons (Fsp3) is 1.00. The Morgan fingerprint density at radius 3 is 1.87 bits per heavy atom. The summed E-state index contributed by atoms with van der Waals surface area (Å²) < 4.78 is 22.1. The fourth-order valence-electron chi connectivity index (χ4n) is 1.47. The van der Waals surface area contributed by atoms with E-state index in [1.54, 1.807) is 27.7 Å². The van der Waals surface area contributed by atoms with Crippen LogP contribution < -0.4 is 0 Å². The maximum atomic E-state index is 11.8. The highest BCUT2D eigenvalue weighted by atomic mass is 35.5. The molecule has 0 aromatic heterocycles. The molecule has 0 heterocycles. The summed E-state index contributed by atoms with van der Waals surface area (Å²) in [6, 6.07) is 0. The van der Waals surface area contributed by atoms with Crippen LogP contribution in [-0.2, 0) is 9.84 Å². The van der Waals surface area contributed by atoms with Crippen molar-refractivity contribution in [3.63, 3.8) is 0 Å². The molecule has 0 radical (unpaired) electrons. The van der Waals surface area contributed by atoms with Gasteiger partial charge in [0.1, 0.15) is 0 Å². The van der Waals surface area contributed by atoms with E-state index in [-0.39, 0.29) is 12.2 Å². The zero-order valence-electron chi connectivity index (χ0n) is 10.0. The molecule has 0 spiro atoms. The number of halogens is 1. The Hall–Kier alpha value is 0.200. The minimum Gasteiger partial charge on any atom is -0.390 e. The normalized spacial score (nSPS) is 19.7. The third kappa shape index (κ3) is 2.86. The van der Waals surface area contributed by atoms with E-state index >= 15 is 0 Å². The third-order valence-electron chi connectivity index (χ3n) is 2.61. The van der Waals surface area contributed by atoms with Crippen LogP contribution in [0, 0.1) is 5.41 Å². The number of hydrogen-bond donors (Lipinski definition) is 1. The molecule has 0 fully saturated rings. The molecular weight excluding hydrogens is 236 g/mol. The van der Waals surface area contributed by atoms with Gasteiger partial charge in [0.15, 0.2) is 14.0 Å². The molecule has 1 N–H and O–H groups in total. The first-order chi connectivity index (χ1) is 6.53. The first-order valence-corrected chi connectivity index (χ1v) is 7.15. The van der Waals surface area contributed by atoms with Crippen molar-refractivity contribution < 1.29 is 13.5 Å². The highest BCUT2D eigenvalue weighted by Crippen LogP contribution is 2.39. The molecule has 3 nitrogen and oxygen atoms in total. The number of rotatable bonds is 4. The van der Waals surface area contributed by atoms with Crippen LogP contribution in [0.3, 0.4) is 0 Å². The number of aliphatic hydroxyl groups is 1. The maximum Gasteiger partial charge on any atom is 0.172 e. The molecule has 0 aliphatic carbocycles. The van der Waals surface area contributed by atoms with Crippen LogP contribution >= 0.6 is 11.6 Å². The second-order valence-corrected chi connectivity index (χ2v) is 8.25. The van der Waals surface area contributed by atoms with E-state index in [0.29, 0.717) is 0 Å². The van der Waals surface area contributed by atoms with Gasteiger partial charge in [-0.25, -0.2) is 8.42 Å². The average molecular weight is 257 g/mol. The zero-order valence-corrected chi connectivity index (χ0v) is 11.6. The number of hydrogen-bond acceptors (Lipinski definition) is 3. The van der Waals surface area contributed by atoms with Crippen LogP contribution in [0.4, 0.5) is 0 Å². The van der Waals surface area contributed by atoms with E-state index in [0.717, 1.165) is 0 Å². The highest BCUT2D eigenvalue weighted by Gasteiger charge is 2.50. The average Bonchev–Trinajstić information content (AvgIpc) is 2.13. The van der Waals surface area contributed by atoms with Crippen molar-refractivity contribution in [1.82, 2.24) is 0 Å². The summed E-state index contributed by atoms with van der Waals surface area (Å²) in [6.45, 7) is 8.54. The Balaban J connectivity index is 5.40. The molecule has 2 atom stereocenters. The molecule has 5 heteroatoms. The van der Waals surface area contributed by atoms with Crippen molar-refractivity contribution >= 4 is 21.4 Å². The Labute approximate surface area is 97.7 Å². The van der Waals surface area contributed by atoms with Crippen LogP contribution in [0.15, 0.2) is 0 Å². The first-order valence-electron chi connectivity index (χ1n) is 5.12. The molecule has 2 unspecified atom stereocenters. The van der Waals surface area contributed by atoms with Crippen molar-refractivity contribution in [3.8, 4) is 0 Å². The SMILES string of the molecule is CCC(Cl)(C(O)C(C)(C)C)S(=O)(=O)CC. The smallest absolute Gasteiger partial charge is 0.172 e. The van der Waals surface area contributed by atoms with Gasteiger partial charge in [0.05, 0.1) is 6.10 Å². The standard InChI is InChI=1S/C10H21ClO3S/c1-6-10(11,15(13,14)7-2)8(12)9(3,4)5/h8,12H,6-7H2,1-5H3. The van der Waals surface area contributed by atoms with Gasteiger partial charge in [-0.3, -0.25) is 0 Å². The molecule has 92 valence electrons. The summed E-state index contributed by atoms with van der Waals surface area (Å²) in [5.74, 6) is -0.0581. The lowest BCUT2D eigenvalue weighted by atomic mass is 9.86. The van der Waals surface area contributed by atoms with Crippen LogP contribution in [0.25, 0.3) is 0 Å². The molecule has 0 rings (SSSR count). The van der Waals surface area contributed by atoms with Gasteiger partial charge in [0.25, 0.3) is 0 Å². The monoisotopic (exact) mass is 256 g/mol. The molecule has 0 aromatic rings. The van der Waals surface area contributed by atoms with E-state index in [1.807, 2.05) is 0 Å². The number of alkyl halides is 1. The molecule has 0 aliphatic heterocycles. The van der Waals surface area contributed by atoms with Gasteiger partial charge in [-0.1, -0.05) is 46.2 Å². The van der Waals surface area contributed by atoms with Gasteiger partial charge in [-0.15, -0.1) is 0 Å². The van der Waals surface area contributed by atoms with Gasteiger partial charge in [0, 0.05) is 5.75 Å². The molecule has 0 saturated heterocycles. The zero-order chi connectivity index (χ0) is 12.5. The van der Waals surface area contributed by atoms with Gasteiger partial charge >= 0.3 is 0 Å². The number of aliphatic hydroxyl groups excluding tert-OH is 1. The van der Waals surface area contributed by atoms with Crippen LogP contribution in [0.1, 0.15) is 41.0 Å². The van der Waals surface area contributed by atoms with E-state index in [4.69, 9.17) is 11.6 Å². The van der Waals surface area contributed by atoms with Crippen molar-refractivity contribution in [3.05, 3.63) is 0 Å². The summed E-state index contributed by atoms with van der Waals surface area (Å²) in [5, 5.41) is 10.1. The third-order valence-corrected chi connectivity index (χ3v) is 6.09. The van der Waals surface area contributed by atoms with Crippen LogP contribution in [0.2, 0.25) is 0 Å². The lowest BCUT2D eigenvalue weighted by molar-refractivity contribution is 0.0468. The van der Waals surface area contributed by atoms with Crippen molar-refractivity contribution in [1.29, 1.82) is 0 Å². The highest BCUT2D eigenvalue weighted by molar-refractivity contribution is 7.94. The lowest BCUT2D eigenvalue weighted by Crippen LogP contribution is -2.50. The quantitative estimate of drug-likeness (QED) is 0.785. The van der Waals surface area contributed by atoms with E-state index < -0.39 is 25.6 Å². The van der Waals surface area contributed by atoms with E-state index in [1.165, 1.54) is 6.92 Å². The molecular formula is C10H21ClO3S. The largest absolute Gasteiger partial charge is 0.390 e. The summed E-state index contributed by atoms with van der Waals surface area (Å²) in [6.07, 6.45) is -0.884. The summed E-state index contributed by atoms with van der Waals surface area (Å²) in [4.78, 5) is 0. The first kappa shape index (κ1) is 15.2. The topological polar surface area (TPSA) is 54.4 Å². The van der Waals surface area contributed by atoms with Crippen molar-refractivity contribution in [2.24, 2.45) is 5.41 Å². The molecule has 0 aliphatic rings. The Morgan fingerprint density at radius 2 is 1.67 bits per heavy atom. The maximum absolute atomic E-state index is 11.8. The minimum absolute atomic E-state index is 0.0581. The van der Waals surface area contributed by atoms with Gasteiger partial charge in [-0.2, -0.15) is 0 Å². The van der Waals surface area contributed by atoms with Gasteiger partial charge < -0.3 is 5.11 Å². The predicted molar refractivity (Wildman–Crippen MR) is 63.8 cm³/mol. The summed E-state index contributed by atoms with van der Waals surface area (Å²) in [7, 11) is -3.48. The Bertz CT molecular complexity index is 305. The lowest BCUT2D eigenvalue weighted by Gasteiger charge is -2.38.